The van der Waals surface area contributed by atoms with Crippen molar-refractivity contribution < 1.29 is 4.79 Å². The largest absolute Gasteiger partial charge is 0.353 e. The van der Waals surface area contributed by atoms with Crippen LogP contribution in [0.2, 0.25) is 0 Å². The molecular formula is C17H33Cl2N3O. The molecule has 0 saturated heterocycles. The van der Waals surface area contributed by atoms with Gasteiger partial charge in [-0.3, -0.25) is 9.69 Å². The molecule has 1 aliphatic rings. The van der Waals surface area contributed by atoms with E-state index in [1.54, 1.807) is 0 Å². The van der Waals surface area contributed by atoms with Crippen LogP contribution in [0, 0.1) is 5.92 Å². The van der Waals surface area contributed by atoms with Crippen LogP contribution in [0.1, 0.15) is 39.5 Å². The van der Waals surface area contributed by atoms with Gasteiger partial charge in [-0.15, -0.1) is 38.0 Å². The van der Waals surface area contributed by atoms with Gasteiger partial charge in [-0.2, -0.15) is 0 Å². The normalized spacial score (nSPS) is 17.1. The number of nitrogens with two attached hydrogens (primary N) is 1. The molecule has 6 heteroatoms. The first-order chi connectivity index (χ1) is 9.94. The molecule has 0 aromatic carbocycles. The Hall–Kier alpha value is -0.550. The molecule has 136 valence electrons. The van der Waals surface area contributed by atoms with Crippen molar-refractivity contribution in [3.63, 3.8) is 0 Å². The van der Waals surface area contributed by atoms with Crippen LogP contribution in [-0.2, 0) is 4.79 Å². The van der Waals surface area contributed by atoms with E-state index in [-0.39, 0.29) is 36.8 Å². The molecule has 1 rings (SSSR count). The van der Waals surface area contributed by atoms with Crippen molar-refractivity contribution in [2.45, 2.75) is 51.1 Å². The summed E-state index contributed by atoms with van der Waals surface area (Å²) in [6, 6.07) is 0.259. The Morgan fingerprint density at radius 2 is 1.70 bits per heavy atom. The topological polar surface area (TPSA) is 58.4 Å². The molecule has 0 bridgehead atoms. The third kappa shape index (κ3) is 7.25. The van der Waals surface area contributed by atoms with Crippen molar-refractivity contribution in [2.24, 2.45) is 11.7 Å². The standard InChI is InChI=1S/C17H31N3O.2ClH/c1-5-11-20(12-6-2)15(14(3)4)13-19-16(21)17(18)9-7-8-10-17;;/h5-6,14-15H,1-2,7-13,18H2,3-4H3,(H,19,21);2*1H. The molecule has 3 N–H and O–H groups in total. The minimum atomic E-state index is -0.650. The Kier molecular flexibility index (Phi) is 12.8. The first-order valence-corrected chi connectivity index (χ1v) is 7.97. The molecule has 23 heavy (non-hydrogen) atoms. The molecule has 1 atom stereocenters. The fraction of sp³-hybridized carbons (Fsp3) is 0.706. The van der Waals surface area contributed by atoms with Crippen molar-refractivity contribution >= 4 is 30.7 Å². The van der Waals surface area contributed by atoms with Crippen LogP contribution in [-0.4, -0.2) is 42.0 Å². The molecule has 1 fully saturated rings. The molecule has 0 radical (unpaired) electrons. The van der Waals surface area contributed by atoms with Crippen molar-refractivity contribution in [3.05, 3.63) is 25.3 Å². The summed E-state index contributed by atoms with van der Waals surface area (Å²) in [5.74, 6) is 0.435. The lowest BCUT2D eigenvalue weighted by Gasteiger charge is -2.34. The molecule has 0 heterocycles. The van der Waals surface area contributed by atoms with Gasteiger partial charge in [0.05, 0.1) is 5.54 Å². The van der Waals surface area contributed by atoms with Crippen LogP contribution in [0.15, 0.2) is 25.3 Å². The van der Waals surface area contributed by atoms with Crippen LogP contribution in [0.25, 0.3) is 0 Å². The highest BCUT2D eigenvalue weighted by Gasteiger charge is 2.37. The number of carbonyl (C=O) groups is 1. The Labute approximate surface area is 153 Å². The Bertz CT molecular complexity index is 359. The van der Waals surface area contributed by atoms with E-state index in [4.69, 9.17) is 5.73 Å². The van der Waals surface area contributed by atoms with E-state index in [1.165, 1.54) is 0 Å². The second-order valence-electron chi connectivity index (χ2n) is 6.42. The number of amides is 1. The highest BCUT2D eigenvalue weighted by Crippen LogP contribution is 2.27. The quantitative estimate of drug-likeness (QED) is 0.617. The van der Waals surface area contributed by atoms with Gasteiger partial charge in [-0.05, 0) is 18.8 Å². The van der Waals surface area contributed by atoms with Gasteiger partial charge in [0.2, 0.25) is 5.91 Å². The number of carbonyl (C=O) groups excluding carboxylic acids is 1. The number of nitrogens with one attached hydrogen (secondary N) is 1. The molecule has 1 amide bonds. The summed E-state index contributed by atoms with van der Waals surface area (Å²) in [7, 11) is 0. The van der Waals surface area contributed by atoms with E-state index in [2.05, 4.69) is 37.2 Å². The summed E-state index contributed by atoms with van der Waals surface area (Å²) in [5, 5.41) is 3.07. The molecular weight excluding hydrogens is 333 g/mol. The van der Waals surface area contributed by atoms with Crippen molar-refractivity contribution in [2.75, 3.05) is 19.6 Å². The average molecular weight is 366 g/mol. The van der Waals surface area contributed by atoms with E-state index in [9.17, 15) is 4.79 Å². The maximum Gasteiger partial charge on any atom is 0.240 e. The van der Waals surface area contributed by atoms with E-state index in [0.29, 0.717) is 12.5 Å². The first kappa shape index (κ1) is 24.7. The summed E-state index contributed by atoms with van der Waals surface area (Å²) < 4.78 is 0. The SMILES string of the molecule is C=CCN(CC=C)C(CNC(=O)C1(N)CCCC1)C(C)C.Cl.Cl. The van der Waals surface area contributed by atoms with Gasteiger partial charge in [-0.25, -0.2) is 0 Å². The third-order valence-electron chi connectivity index (χ3n) is 4.39. The monoisotopic (exact) mass is 365 g/mol. The van der Waals surface area contributed by atoms with Crippen molar-refractivity contribution in [1.82, 2.24) is 10.2 Å². The fourth-order valence-corrected chi connectivity index (χ4v) is 3.07. The highest BCUT2D eigenvalue weighted by atomic mass is 35.5. The maximum atomic E-state index is 12.3. The van der Waals surface area contributed by atoms with Crippen molar-refractivity contribution in [3.8, 4) is 0 Å². The highest BCUT2D eigenvalue weighted by molar-refractivity contribution is 5.86. The van der Waals surface area contributed by atoms with E-state index < -0.39 is 5.54 Å². The lowest BCUT2D eigenvalue weighted by Crippen LogP contribution is -2.55. The van der Waals surface area contributed by atoms with Gasteiger partial charge in [0, 0.05) is 25.7 Å². The van der Waals surface area contributed by atoms with E-state index in [0.717, 1.165) is 38.8 Å². The molecule has 0 aromatic heterocycles. The Balaban J connectivity index is 0. The minimum Gasteiger partial charge on any atom is -0.353 e. The molecule has 0 spiro atoms. The van der Waals surface area contributed by atoms with Crippen LogP contribution in [0.5, 0.6) is 0 Å². The molecule has 1 unspecified atom stereocenters. The number of hydrogen-bond donors (Lipinski definition) is 2. The molecule has 1 aliphatic carbocycles. The number of rotatable bonds is 9. The fourth-order valence-electron chi connectivity index (χ4n) is 3.07. The molecule has 4 nitrogen and oxygen atoms in total. The second-order valence-corrected chi connectivity index (χ2v) is 6.42. The third-order valence-corrected chi connectivity index (χ3v) is 4.39. The van der Waals surface area contributed by atoms with Crippen LogP contribution in [0.3, 0.4) is 0 Å². The lowest BCUT2D eigenvalue weighted by molar-refractivity contribution is -0.126. The smallest absolute Gasteiger partial charge is 0.240 e. The summed E-state index contributed by atoms with van der Waals surface area (Å²) in [6.45, 7) is 14.2. The molecule has 0 aliphatic heterocycles. The van der Waals surface area contributed by atoms with Gasteiger partial charge >= 0.3 is 0 Å². The zero-order chi connectivity index (χ0) is 15.9. The van der Waals surface area contributed by atoms with Gasteiger partial charge in [0.15, 0.2) is 0 Å². The Morgan fingerprint density at radius 1 is 1.22 bits per heavy atom. The molecule has 1 saturated carbocycles. The van der Waals surface area contributed by atoms with Gasteiger partial charge in [-0.1, -0.05) is 38.8 Å². The first-order valence-electron chi connectivity index (χ1n) is 7.97. The number of halogens is 2. The number of hydrogen-bond acceptors (Lipinski definition) is 3. The Morgan fingerprint density at radius 3 is 2.09 bits per heavy atom. The van der Waals surface area contributed by atoms with Crippen LogP contribution in [0.4, 0.5) is 0 Å². The number of nitrogens with zero attached hydrogens (tertiary/aromatic N) is 1. The minimum absolute atomic E-state index is 0. The van der Waals surface area contributed by atoms with Gasteiger partial charge in [0.1, 0.15) is 0 Å². The van der Waals surface area contributed by atoms with Crippen LogP contribution >= 0.6 is 24.8 Å². The van der Waals surface area contributed by atoms with Crippen molar-refractivity contribution in [1.29, 1.82) is 0 Å². The van der Waals surface area contributed by atoms with Crippen LogP contribution < -0.4 is 11.1 Å². The zero-order valence-corrected chi connectivity index (χ0v) is 16.1. The molecule has 0 aromatic rings. The van der Waals surface area contributed by atoms with Gasteiger partial charge in [0.25, 0.3) is 0 Å². The maximum absolute atomic E-state index is 12.3. The zero-order valence-electron chi connectivity index (χ0n) is 14.4. The predicted octanol–water partition coefficient (Wildman–Crippen LogP) is 2.92. The summed E-state index contributed by atoms with van der Waals surface area (Å²) in [6.07, 6.45) is 7.49. The lowest BCUT2D eigenvalue weighted by atomic mass is 9.97. The van der Waals surface area contributed by atoms with Gasteiger partial charge < -0.3 is 11.1 Å². The average Bonchev–Trinajstić information content (AvgIpc) is 2.87. The predicted molar refractivity (Wildman–Crippen MR) is 103 cm³/mol. The summed E-state index contributed by atoms with van der Waals surface area (Å²) >= 11 is 0. The van der Waals surface area contributed by atoms with E-state index in [1.807, 2.05) is 12.2 Å². The van der Waals surface area contributed by atoms with E-state index >= 15 is 0 Å². The summed E-state index contributed by atoms with van der Waals surface area (Å²) in [5.41, 5.74) is 5.55. The second kappa shape index (κ2) is 11.9. The summed E-state index contributed by atoms with van der Waals surface area (Å²) in [4.78, 5) is 14.6.